The molecule has 2 aromatic heterocycles. The fraction of sp³-hybridized carbons (Fsp3) is 0.348. The number of fused-ring (bicyclic) bond motifs is 1. The van der Waals surface area contributed by atoms with E-state index < -0.39 is 0 Å². The molecule has 1 aromatic carbocycles. The van der Waals surface area contributed by atoms with Crippen LogP contribution in [0, 0.1) is 0 Å². The number of nitrogens with zero attached hydrogens (tertiary/aromatic N) is 2. The number of ether oxygens (including phenoxy) is 1. The number of carbonyl (C=O) groups excluding carboxylic acids is 1. The Balaban J connectivity index is 1.61. The summed E-state index contributed by atoms with van der Waals surface area (Å²) < 4.78 is 13.6. The molecule has 1 unspecified atom stereocenters. The van der Waals surface area contributed by atoms with Crippen LogP contribution in [0.2, 0.25) is 0 Å². The molecule has 0 saturated heterocycles. The lowest BCUT2D eigenvalue weighted by atomic mass is 9.99. The van der Waals surface area contributed by atoms with Crippen molar-refractivity contribution < 1.29 is 13.9 Å². The van der Waals surface area contributed by atoms with E-state index in [0.717, 1.165) is 24.6 Å². The minimum Gasteiger partial charge on any atom is -0.497 e. The third kappa shape index (κ3) is 4.07. The molecule has 1 aliphatic rings. The number of aromatic nitrogens is 1. The van der Waals surface area contributed by atoms with Gasteiger partial charge in [-0.1, -0.05) is 12.1 Å². The Bertz CT molecular complexity index is 989. The first-order valence-electron chi connectivity index (χ1n) is 9.98. The van der Waals surface area contributed by atoms with E-state index in [1.807, 2.05) is 32.0 Å². The SMILES string of the molecule is COc1cccc(C2c3cccn3CCN2Cc2ccc(C(=O)NC(C)C)o2)c1. The van der Waals surface area contributed by atoms with E-state index >= 15 is 0 Å². The lowest BCUT2D eigenvalue weighted by molar-refractivity contribution is 0.0908. The van der Waals surface area contributed by atoms with Crippen LogP contribution in [0.15, 0.2) is 59.1 Å². The summed E-state index contributed by atoms with van der Waals surface area (Å²) in [6, 6.07) is 16.3. The molecule has 152 valence electrons. The van der Waals surface area contributed by atoms with Crippen molar-refractivity contribution in [2.45, 2.75) is 39.0 Å². The molecule has 6 nitrogen and oxygen atoms in total. The Kier molecular flexibility index (Phi) is 5.45. The second-order valence-corrected chi connectivity index (χ2v) is 7.67. The molecular formula is C23H27N3O3. The molecule has 3 aromatic rings. The summed E-state index contributed by atoms with van der Waals surface area (Å²) >= 11 is 0. The highest BCUT2D eigenvalue weighted by Crippen LogP contribution is 2.35. The fourth-order valence-electron chi connectivity index (χ4n) is 3.91. The van der Waals surface area contributed by atoms with Gasteiger partial charge in [0.05, 0.1) is 19.7 Å². The number of rotatable bonds is 6. The predicted octanol–water partition coefficient (Wildman–Crippen LogP) is 3.83. The third-order valence-electron chi connectivity index (χ3n) is 5.21. The highest BCUT2D eigenvalue weighted by atomic mass is 16.5. The first kappa shape index (κ1) is 19.3. The van der Waals surface area contributed by atoms with Crippen LogP contribution in [0.3, 0.4) is 0 Å². The molecule has 1 aliphatic heterocycles. The molecule has 0 spiro atoms. The van der Waals surface area contributed by atoms with Crippen molar-refractivity contribution in [2.24, 2.45) is 0 Å². The lowest BCUT2D eigenvalue weighted by Crippen LogP contribution is -2.37. The fourth-order valence-corrected chi connectivity index (χ4v) is 3.91. The quantitative estimate of drug-likeness (QED) is 0.691. The van der Waals surface area contributed by atoms with E-state index in [-0.39, 0.29) is 18.0 Å². The van der Waals surface area contributed by atoms with Crippen LogP contribution in [0.1, 0.15) is 47.5 Å². The van der Waals surface area contributed by atoms with Crippen molar-refractivity contribution in [1.29, 1.82) is 0 Å². The summed E-state index contributed by atoms with van der Waals surface area (Å²) in [4.78, 5) is 14.6. The zero-order chi connectivity index (χ0) is 20.4. The molecule has 0 bridgehead atoms. The van der Waals surface area contributed by atoms with Gasteiger partial charge in [-0.3, -0.25) is 9.69 Å². The van der Waals surface area contributed by atoms with E-state index in [2.05, 4.69) is 45.2 Å². The second-order valence-electron chi connectivity index (χ2n) is 7.67. The Hall–Kier alpha value is -2.99. The summed E-state index contributed by atoms with van der Waals surface area (Å²) in [5.41, 5.74) is 2.42. The van der Waals surface area contributed by atoms with Crippen molar-refractivity contribution in [1.82, 2.24) is 14.8 Å². The number of amides is 1. The maximum Gasteiger partial charge on any atom is 0.287 e. The molecule has 3 heterocycles. The second kappa shape index (κ2) is 8.17. The van der Waals surface area contributed by atoms with E-state index in [1.165, 1.54) is 11.3 Å². The van der Waals surface area contributed by atoms with Gasteiger partial charge in [0.25, 0.3) is 5.91 Å². The Morgan fingerprint density at radius 1 is 1.21 bits per heavy atom. The summed E-state index contributed by atoms with van der Waals surface area (Å²) in [6.45, 7) is 6.30. The maximum atomic E-state index is 12.2. The molecule has 1 N–H and O–H groups in total. The van der Waals surface area contributed by atoms with Gasteiger partial charge in [0.15, 0.2) is 5.76 Å². The van der Waals surface area contributed by atoms with Gasteiger partial charge in [0.2, 0.25) is 0 Å². The van der Waals surface area contributed by atoms with E-state index in [0.29, 0.717) is 12.3 Å². The van der Waals surface area contributed by atoms with Gasteiger partial charge >= 0.3 is 0 Å². The normalized spacial score (nSPS) is 16.6. The molecule has 29 heavy (non-hydrogen) atoms. The van der Waals surface area contributed by atoms with Gasteiger partial charge in [-0.25, -0.2) is 0 Å². The van der Waals surface area contributed by atoms with Gasteiger partial charge in [0.1, 0.15) is 11.5 Å². The van der Waals surface area contributed by atoms with Crippen LogP contribution < -0.4 is 10.1 Å². The molecular weight excluding hydrogens is 366 g/mol. The van der Waals surface area contributed by atoms with E-state index in [4.69, 9.17) is 9.15 Å². The smallest absolute Gasteiger partial charge is 0.287 e. The largest absolute Gasteiger partial charge is 0.497 e. The van der Waals surface area contributed by atoms with Gasteiger partial charge in [-0.05, 0) is 55.8 Å². The number of methoxy groups -OCH3 is 1. The molecule has 4 rings (SSSR count). The standard InChI is InChI=1S/C23H27N3O3/c1-16(2)24-23(27)21-10-9-19(29-21)15-26-13-12-25-11-5-8-20(25)22(26)17-6-4-7-18(14-17)28-3/h4-11,14,16,22H,12-13,15H2,1-3H3,(H,24,27). The van der Waals surface area contributed by atoms with Gasteiger partial charge in [-0.15, -0.1) is 0 Å². The number of benzene rings is 1. The van der Waals surface area contributed by atoms with E-state index in [9.17, 15) is 4.79 Å². The van der Waals surface area contributed by atoms with Crippen molar-refractivity contribution in [3.63, 3.8) is 0 Å². The average Bonchev–Trinajstić information content (AvgIpc) is 3.37. The van der Waals surface area contributed by atoms with Gasteiger partial charge < -0.3 is 19.0 Å². The Morgan fingerprint density at radius 2 is 2.07 bits per heavy atom. The lowest BCUT2D eigenvalue weighted by Gasteiger charge is -2.37. The third-order valence-corrected chi connectivity index (χ3v) is 5.21. The molecule has 0 radical (unpaired) electrons. The number of carbonyl (C=O) groups is 1. The number of hydrogen-bond donors (Lipinski definition) is 1. The summed E-state index contributed by atoms with van der Waals surface area (Å²) in [5, 5.41) is 2.87. The Labute approximate surface area is 171 Å². The minimum atomic E-state index is -0.178. The number of furan rings is 1. The van der Waals surface area contributed by atoms with Crippen molar-refractivity contribution in [3.05, 3.63) is 77.5 Å². The minimum absolute atomic E-state index is 0.0726. The summed E-state index contributed by atoms with van der Waals surface area (Å²) in [7, 11) is 1.69. The van der Waals surface area contributed by atoms with Crippen molar-refractivity contribution in [3.8, 4) is 5.75 Å². The first-order valence-corrected chi connectivity index (χ1v) is 9.98. The van der Waals surface area contributed by atoms with Gasteiger partial charge in [0, 0.05) is 31.0 Å². The average molecular weight is 393 g/mol. The molecule has 0 fully saturated rings. The Morgan fingerprint density at radius 3 is 2.86 bits per heavy atom. The predicted molar refractivity (Wildman–Crippen MR) is 111 cm³/mol. The zero-order valence-electron chi connectivity index (χ0n) is 17.1. The summed E-state index contributed by atoms with van der Waals surface area (Å²) in [6.07, 6.45) is 2.13. The van der Waals surface area contributed by atoms with Gasteiger partial charge in [-0.2, -0.15) is 0 Å². The molecule has 1 amide bonds. The molecule has 6 heteroatoms. The van der Waals surface area contributed by atoms with Crippen LogP contribution in [0.4, 0.5) is 0 Å². The maximum absolute atomic E-state index is 12.2. The van der Waals surface area contributed by atoms with Crippen LogP contribution in [-0.4, -0.2) is 35.1 Å². The highest BCUT2D eigenvalue weighted by molar-refractivity contribution is 5.91. The molecule has 0 aliphatic carbocycles. The van der Waals surface area contributed by atoms with Crippen LogP contribution >= 0.6 is 0 Å². The van der Waals surface area contributed by atoms with Crippen molar-refractivity contribution in [2.75, 3.05) is 13.7 Å². The highest BCUT2D eigenvalue weighted by Gasteiger charge is 2.30. The molecule has 1 atom stereocenters. The van der Waals surface area contributed by atoms with Crippen LogP contribution in [0.5, 0.6) is 5.75 Å². The topological polar surface area (TPSA) is 59.6 Å². The zero-order valence-corrected chi connectivity index (χ0v) is 17.1. The van der Waals surface area contributed by atoms with E-state index in [1.54, 1.807) is 13.2 Å². The van der Waals surface area contributed by atoms with Crippen LogP contribution in [0.25, 0.3) is 0 Å². The number of hydrogen-bond acceptors (Lipinski definition) is 4. The molecule has 0 saturated carbocycles. The van der Waals surface area contributed by atoms with Crippen LogP contribution in [-0.2, 0) is 13.1 Å². The van der Waals surface area contributed by atoms with Crippen molar-refractivity contribution >= 4 is 5.91 Å². The number of nitrogens with one attached hydrogen (secondary N) is 1. The first-order chi connectivity index (χ1) is 14.0. The summed E-state index contributed by atoms with van der Waals surface area (Å²) in [5.74, 6) is 1.80. The monoisotopic (exact) mass is 393 g/mol.